The van der Waals surface area contributed by atoms with Crippen LogP contribution >= 0.6 is 11.8 Å². The number of anilines is 1. The van der Waals surface area contributed by atoms with Crippen LogP contribution in [-0.4, -0.2) is 11.5 Å². The molecule has 0 atom stereocenters. The molecule has 0 bridgehead atoms. The van der Waals surface area contributed by atoms with Crippen molar-refractivity contribution in [2.24, 2.45) is 0 Å². The Hall–Kier alpha value is -2.01. The molecule has 104 valence electrons. The Bertz CT molecular complexity index is 629. The molecule has 0 heterocycles. The number of nitrogens with one attached hydrogen (secondary N) is 1. The van der Waals surface area contributed by atoms with Gasteiger partial charge in [-0.2, -0.15) is 0 Å². The highest BCUT2D eigenvalue weighted by Crippen LogP contribution is 2.34. The zero-order valence-electron chi connectivity index (χ0n) is 11.4. The largest absolute Gasteiger partial charge is 0.385 e. The van der Waals surface area contributed by atoms with Gasteiger partial charge in [0, 0.05) is 34.2 Å². The molecule has 0 aliphatic heterocycles. The Kier molecular flexibility index (Phi) is 4.63. The van der Waals surface area contributed by atoms with Gasteiger partial charge in [-0.15, -0.1) is 0 Å². The molecule has 0 unspecified atom stereocenters. The molecule has 2 aromatic rings. The van der Waals surface area contributed by atoms with Crippen LogP contribution in [0.1, 0.15) is 12.5 Å². The van der Waals surface area contributed by atoms with Crippen molar-refractivity contribution in [2.75, 3.05) is 11.9 Å². The number of non-ortho nitro benzene ring substituents is 1. The fourth-order valence-corrected chi connectivity index (χ4v) is 2.85. The van der Waals surface area contributed by atoms with Crippen molar-refractivity contribution in [1.29, 1.82) is 0 Å². The van der Waals surface area contributed by atoms with Gasteiger partial charge in [0.25, 0.3) is 5.69 Å². The van der Waals surface area contributed by atoms with E-state index in [0.29, 0.717) is 0 Å². The number of nitrogens with zero attached hydrogens (tertiary/aromatic N) is 1. The van der Waals surface area contributed by atoms with Crippen LogP contribution in [0.15, 0.2) is 52.3 Å². The first-order valence-electron chi connectivity index (χ1n) is 6.37. The predicted octanol–water partition coefficient (Wildman–Crippen LogP) is 4.49. The lowest BCUT2D eigenvalue weighted by Crippen LogP contribution is -1.98. The van der Waals surface area contributed by atoms with E-state index in [9.17, 15) is 10.1 Å². The van der Waals surface area contributed by atoms with E-state index in [1.54, 1.807) is 23.9 Å². The van der Waals surface area contributed by atoms with Crippen LogP contribution < -0.4 is 5.32 Å². The average Bonchev–Trinajstić information content (AvgIpc) is 2.41. The second-order valence-corrected chi connectivity index (χ2v) is 5.49. The van der Waals surface area contributed by atoms with Crippen molar-refractivity contribution < 1.29 is 4.92 Å². The summed E-state index contributed by atoms with van der Waals surface area (Å²) in [5.74, 6) is 0. The first-order valence-corrected chi connectivity index (χ1v) is 7.18. The molecule has 0 saturated carbocycles. The molecule has 0 radical (unpaired) electrons. The zero-order chi connectivity index (χ0) is 14.5. The molecular formula is C15H16N2O2S. The summed E-state index contributed by atoms with van der Waals surface area (Å²) in [6.45, 7) is 4.73. The maximum atomic E-state index is 11.0. The molecule has 2 aromatic carbocycles. The molecule has 0 saturated heterocycles. The Balaban J connectivity index is 2.35. The molecule has 5 heteroatoms. The molecule has 0 spiro atoms. The lowest BCUT2D eigenvalue weighted by Gasteiger charge is -2.08. The topological polar surface area (TPSA) is 55.2 Å². The van der Waals surface area contributed by atoms with Gasteiger partial charge >= 0.3 is 0 Å². The van der Waals surface area contributed by atoms with Crippen molar-refractivity contribution in [1.82, 2.24) is 0 Å². The summed E-state index contributed by atoms with van der Waals surface area (Å²) < 4.78 is 0. The number of nitro benzene ring substituents is 1. The lowest BCUT2D eigenvalue weighted by atomic mass is 10.2. The minimum absolute atomic E-state index is 0.111. The van der Waals surface area contributed by atoms with Gasteiger partial charge in [-0.3, -0.25) is 10.1 Å². The average molecular weight is 288 g/mol. The molecule has 0 aliphatic carbocycles. The third-order valence-electron chi connectivity index (χ3n) is 2.80. The molecule has 0 fully saturated rings. The first kappa shape index (κ1) is 14.4. The highest BCUT2D eigenvalue weighted by Gasteiger charge is 2.11. The van der Waals surface area contributed by atoms with Gasteiger partial charge in [-0.1, -0.05) is 30.0 Å². The summed E-state index contributed by atoms with van der Waals surface area (Å²) >= 11 is 1.54. The maximum Gasteiger partial charge on any atom is 0.272 e. The second kappa shape index (κ2) is 6.43. The Morgan fingerprint density at radius 1 is 1.25 bits per heavy atom. The summed E-state index contributed by atoms with van der Waals surface area (Å²) in [7, 11) is 0. The molecule has 2 rings (SSSR count). The minimum Gasteiger partial charge on any atom is -0.385 e. The molecule has 4 nitrogen and oxygen atoms in total. The van der Waals surface area contributed by atoms with E-state index in [2.05, 4.69) is 5.32 Å². The summed E-state index contributed by atoms with van der Waals surface area (Å²) in [6.07, 6.45) is 0. The Morgan fingerprint density at radius 2 is 2.00 bits per heavy atom. The summed E-state index contributed by atoms with van der Waals surface area (Å²) in [5, 5.41) is 14.1. The van der Waals surface area contributed by atoms with Crippen LogP contribution in [-0.2, 0) is 0 Å². The van der Waals surface area contributed by atoms with Crippen LogP contribution in [0.3, 0.4) is 0 Å². The normalized spacial score (nSPS) is 10.3. The van der Waals surface area contributed by atoms with Gasteiger partial charge in [-0.05, 0) is 31.5 Å². The number of nitro groups is 1. The molecule has 20 heavy (non-hydrogen) atoms. The van der Waals surface area contributed by atoms with Crippen LogP contribution in [0.5, 0.6) is 0 Å². The second-order valence-electron chi connectivity index (χ2n) is 4.37. The Morgan fingerprint density at radius 3 is 2.65 bits per heavy atom. The number of hydrogen-bond acceptors (Lipinski definition) is 4. The zero-order valence-corrected chi connectivity index (χ0v) is 12.2. The van der Waals surface area contributed by atoms with Crippen molar-refractivity contribution >= 4 is 23.1 Å². The first-order chi connectivity index (χ1) is 9.60. The number of rotatable bonds is 5. The van der Waals surface area contributed by atoms with E-state index < -0.39 is 0 Å². The van der Waals surface area contributed by atoms with Gasteiger partial charge in [0.05, 0.1) is 4.92 Å². The highest BCUT2D eigenvalue weighted by atomic mass is 32.2. The number of benzene rings is 2. The molecular weight excluding hydrogens is 272 g/mol. The summed E-state index contributed by atoms with van der Waals surface area (Å²) in [6, 6.07) is 13.1. The lowest BCUT2D eigenvalue weighted by molar-refractivity contribution is -0.385. The van der Waals surface area contributed by atoms with E-state index in [-0.39, 0.29) is 10.6 Å². The maximum absolute atomic E-state index is 11.0. The monoisotopic (exact) mass is 288 g/mol. The third kappa shape index (κ3) is 3.51. The van der Waals surface area contributed by atoms with Crippen LogP contribution in [0.4, 0.5) is 11.4 Å². The van der Waals surface area contributed by atoms with Gasteiger partial charge in [0.15, 0.2) is 0 Å². The van der Waals surface area contributed by atoms with E-state index >= 15 is 0 Å². The highest BCUT2D eigenvalue weighted by molar-refractivity contribution is 7.99. The number of hydrogen-bond donors (Lipinski definition) is 1. The standard InChI is InChI=1S/C15H16N2O2S/c1-3-16-12-8-13(17(18)19)10-14(9-12)20-15-7-5-4-6-11(15)2/h4-10,16H,3H2,1-2H3. The van der Waals surface area contributed by atoms with E-state index in [1.807, 2.05) is 44.2 Å². The predicted molar refractivity (Wildman–Crippen MR) is 82.6 cm³/mol. The van der Waals surface area contributed by atoms with Crippen LogP contribution in [0, 0.1) is 17.0 Å². The molecule has 1 N–H and O–H groups in total. The molecule has 0 aliphatic rings. The number of aryl methyl sites for hydroxylation is 1. The smallest absolute Gasteiger partial charge is 0.272 e. The quantitative estimate of drug-likeness (QED) is 0.650. The summed E-state index contributed by atoms with van der Waals surface area (Å²) in [5.41, 5.74) is 2.05. The van der Waals surface area contributed by atoms with Gasteiger partial charge < -0.3 is 5.32 Å². The van der Waals surface area contributed by atoms with Crippen LogP contribution in [0.25, 0.3) is 0 Å². The SMILES string of the molecule is CCNc1cc(Sc2ccccc2C)cc([N+](=O)[O-])c1. The van der Waals surface area contributed by atoms with Gasteiger partial charge in [-0.25, -0.2) is 0 Å². The molecule has 0 aromatic heterocycles. The minimum atomic E-state index is -0.358. The van der Waals surface area contributed by atoms with Crippen molar-refractivity contribution in [2.45, 2.75) is 23.6 Å². The van der Waals surface area contributed by atoms with E-state index in [0.717, 1.165) is 27.6 Å². The fourth-order valence-electron chi connectivity index (χ4n) is 1.85. The van der Waals surface area contributed by atoms with Gasteiger partial charge in [0.2, 0.25) is 0 Å². The third-order valence-corrected chi connectivity index (χ3v) is 3.95. The fraction of sp³-hybridized carbons (Fsp3) is 0.200. The van der Waals surface area contributed by atoms with Crippen molar-refractivity contribution in [3.05, 3.63) is 58.1 Å². The van der Waals surface area contributed by atoms with Crippen molar-refractivity contribution in [3.63, 3.8) is 0 Å². The molecule has 0 amide bonds. The van der Waals surface area contributed by atoms with E-state index in [1.165, 1.54) is 0 Å². The summed E-state index contributed by atoms with van der Waals surface area (Å²) in [4.78, 5) is 12.6. The Labute approximate surface area is 122 Å². The van der Waals surface area contributed by atoms with Gasteiger partial charge in [0.1, 0.15) is 0 Å². The van der Waals surface area contributed by atoms with Crippen molar-refractivity contribution in [3.8, 4) is 0 Å². The van der Waals surface area contributed by atoms with E-state index in [4.69, 9.17) is 0 Å². The van der Waals surface area contributed by atoms with Crippen LogP contribution in [0.2, 0.25) is 0 Å².